The van der Waals surface area contributed by atoms with E-state index >= 15 is 0 Å². The number of hydrogen-bond donors (Lipinski definition) is 2. The molecule has 0 unspecified atom stereocenters. The van der Waals surface area contributed by atoms with Crippen molar-refractivity contribution in [1.29, 1.82) is 0 Å². The minimum atomic E-state index is 1.04. The molecule has 3 heterocycles. The first-order chi connectivity index (χ1) is 16.8. The third-order valence-corrected chi connectivity index (χ3v) is 7.13. The van der Waals surface area contributed by atoms with Gasteiger partial charge >= 0.3 is 0 Å². The molecule has 0 aliphatic carbocycles. The van der Waals surface area contributed by atoms with Crippen LogP contribution in [-0.2, 0) is 0 Å². The first-order valence-electron chi connectivity index (χ1n) is 11.6. The highest BCUT2D eigenvalue weighted by Crippen LogP contribution is 2.39. The molecule has 0 spiro atoms. The predicted octanol–water partition coefficient (Wildman–Crippen LogP) is 8.32. The van der Waals surface area contributed by atoms with Crippen molar-refractivity contribution in [3.8, 4) is 11.1 Å². The molecule has 5 aromatic carbocycles. The number of hydrogen-bond acceptors (Lipinski definition) is 1. The van der Waals surface area contributed by atoms with Gasteiger partial charge in [-0.2, -0.15) is 0 Å². The van der Waals surface area contributed by atoms with Crippen LogP contribution in [0.1, 0.15) is 0 Å². The SMILES string of the molecule is c1ccc2c(c1)nc1ccc3[nH]c4cccc(-c5cccc6c5[nH]c5ccccc56)c4cc3c12. The molecule has 2 N–H and O–H groups in total. The lowest BCUT2D eigenvalue weighted by Crippen LogP contribution is -1.88. The number of H-pyrrole nitrogens is 2. The van der Waals surface area contributed by atoms with Gasteiger partial charge < -0.3 is 9.97 Å². The lowest BCUT2D eigenvalue weighted by Gasteiger charge is -2.11. The van der Waals surface area contributed by atoms with Crippen molar-refractivity contribution < 1.29 is 0 Å². The molecular formula is C31H19N3. The maximum atomic E-state index is 4.87. The van der Waals surface area contributed by atoms with E-state index in [1.54, 1.807) is 0 Å². The van der Waals surface area contributed by atoms with Crippen molar-refractivity contribution in [2.24, 2.45) is 0 Å². The number of fused-ring (bicyclic) bond motifs is 9. The summed E-state index contributed by atoms with van der Waals surface area (Å²) in [6, 6.07) is 36.6. The van der Waals surface area contributed by atoms with Crippen LogP contribution in [0.5, 0.6) is 0 Å². The lowest BCUT2D eigenvalue weighted by atomic mass is 9.96. The van der Waals surface area contributed by atoms with Crippen LogP contribution in [0.15, 0.2) is 103 Å². The number of para-hydroxylation sites is 3. The molecule has 3 aromatic heterocycles. The molecular weight excluding hydrogens is 414 g/mol. The van der Waals surface area contributed by atoms with E-state index in [0.29, 0.717) is 0 Å². The number of benzene rings is 5. The highest BCUT2D eigenvalue weighted by molar-refractivity contribution is 6.22. The lowest BCUT2D eigenvalue weighted by molar-refractivity contribution is 1.49. The molecule has 0 bridgehead atoms. The fourth-order valence-electron chi connectivity index (χ4n) is 5.61. The van der Waals surface area contributed by atoms with Crippen LogP contribution in [-0.4, -0.2) is 15.0 Å². The summed E-state index contributed by atoms with van der Waals surface area (Å²) in [4.78, 5) is 12.3. The Hall–Kier alpha value is -4.63. The summed E-state index contributed by atoms with van der Waals surface area (Å²) in [5, 5.41) is 7.33. The van der Waals surface area contributed by atoms with Crippen molar-refractivity contribution in [2.75, 3.05) is 0 Å². The maximum absolute atomic E-state index is 4.87. The summed E-state index contributed by atoms with van der Waals surface area (Å²) < 4.78 is 0. The Bertz CT molecular complexity index is 2070. The number of nitrogens with one attached hydrogen (secondary N) is 2. The van der Waals surface area contributed by atoms with E-state index < -0.39 is 0 Å². The van der Waals surface area contributed by atoms with Crippen LogP contribution in [0.3, 0.4) is 0 Å². The van der Waals surface area contributed by atoms with Gasteiger partial charge in [0.05, 0.1) is 16.6 Å². The number of aromatic amines is 2. The summed E-state index contributed by atoms with van der Waals surface area (Å²) >= 11 is 0. The highest BCUT2D eigenvalue weighted by atomic mass is 14.7. The van der Waals surface area contributed by atoms with Crippen LogP contribution in [0.4, 0.5) is 0 Å². The number of nitrogens with zero attached hydrogens (tertiary/aromatic N) is 1. The van der Waals surface area contributed by atoms with E-state index in [-0.39, 0.29) is 0 Å². The topological polar surface area (TPSA) is 44.5 Å². The zero-order chi connectivity index (χ0) is 22.2. The molecule has 158 valence electrons. The second kappa shape index (κ2) is 6.46. The van der Waals surface area contributed by atoms with E-state index in [1.165, 1.54) is 54.5 Å². The quantitative estimate of drug-likeness (QED) is 0.251. The molecule has 34 heavy (non-hydrogen) atoms. The summed E-state index contributed by atoms with van der Waals surface area (Å²) in [5.74, 6) is 0. The van der Waals surface area contributed by atoms with Crippen LogP contribution in [0.2, 0.25) is 0 Å². The highest BCUT2D eigenvalue weighted by Gasteiger charge is 2.14. The Morgan fingerprint density at radius 1 is 0.441 bits per heavy atom. The zero-order valence-electron chi connectivity index (χ0n) is 18.3. The fourth-order valence-corrected chi connectivity index (χ4v) is 5.61. The minimum absolute atomic E-state index is 1.04. The van der Waals surface area contributed by atoms with Gasteiger partial charge in [-0.1, -0.05) is 66.7 Å². The Morgan fingerprint density at radius 3 is 2.12 bits per heavy atom. The second-order valence-electron chi connectivity index (χ2n) is 8.98. The van der Waals surface area contributed by atoms with E-state index in [2.05, 4.69) is 113 Å². The van der Waals surface area contributed by atoms with E-state index in [4.69, 9.17) is 4.98 Å². The average molecular weight is 434 g/mol. The van der Waals surface area contributed by atoms with Crippen molar-refractivity contribution in [2.45, 2.75) is 0 Å². The number of rotatable bonds is 1. The van der Waals surface area contributed by atoms with Crippen LogP contribution in [0, 0.1) is 0 Å². The van der Waals surface area contributed by atoms with Gasteiger partial charge in [0, 0.05) is 54.4 Å². The Labute approximate surface area is 194 Å². The van der Waals surface area contributed by atoms with Gasteiger partial charge in [0.1, 0.15) is 0 Å². The first kappa shape index (κ1) is 17.9. The summed E-state index contributed by atoms with van der Waals surface area (Å²) in [5.41, 5.74) is 9.10. The molecule has 0 radical (unpaired) electrons. The molecule has 0 fully saturated rings. The zero-order valence-corrected chi connectivity index (χ0v) is 18.3. The molecule has 3 heteroatoms. The van der Waals surface area contributed by atoms with Crippen LogP contribution < -0.4 is 0 Å². The van der Waals surface area contributed by atoms with Crippen molar-refractivity contribution in [3.05, 3.63) is 103 Å². The van der Waals surface area contributed by atoms with Crippen molar-refractivity contribution >= 4 is 65.4 Å². The molecule has 0 saturated carbocycles. The van der Waals surface area contributed by atoms with Gasteiger partial charge in [0.15, 0.2) is 0 Å². The van der Waals surface area contributed by atoms with Crippen molar-refractivity contribution in [3.63, 3.8) is 0 Å². The fraction of sp³-hybridized carbons (Fsp3) is 0. The standard InChI is InChI=1S/C31H19N3/c1-3-12-25-19(7-1)21-11-5-10-20(31(21)34-25)18-9-6-14-27-23(18)17-24-28(32-27)15-16-29-30(24)22-8-2-4-13-26(22)33-29/h1-17,32,34H. The normalized spacial score (nSPS) is 12.1. The van der Waals surface area contributed by atoms with Gasteiger partial charge in [-0.15, -0.1) is 0 Å². The third kappa shape index (κ3) is 2.33. The predicted molar refractivity (Wildman–Crippen MR) is 143 cm³/mol. The van der Waals surface area contributed by atoms with Crippen LogP contribution >= 0.6 is 0 Å². The minimum Gasteiger partial charge on any atom is -0.355 e. The van der Waals surface area contributed by atoms with Gasteiger partial charge in [-0.25, -0.2) is 4.98 Å². The smallest absolute Gasteiger partial charge is 0.0723 e. The Balaban J connectivity index is 1.51. The molecule has 0 saturated heterocycles. The number of pyridine rings is 1. The first-order valence-corrected chi connectivity index (χ1v) is 11.6. The van der Waals surface area contributed by atoms with E-state index in [1.807, 2.05) is 0 Å². The molecule has 0 atom stereocenters. The molecule has 0 amide bonds. The largest absolute Gasteiger partial charge is 0.355 e. The Morgan fingerprint density at radius 2 is 1.15 bits per heavy atom. The summed E-state index contributed by atoms with van der Waals surface area (Å²) in [6.45, 7) is 0. The van der Waals surface area contributed by atoms with Crippen LogP contribution in [0.25, 0.3) is 76.5 Å². The van der Waals surface area contributed by atoms with Gasteiger partial charge in [0.25, 0.3) is 0 Å². The molecule has 8 rings (SSSR count). The van der Waals surface area contributed by atoms with Crippen molar-refractivity contribution in [1.82, 2.24) is 15.0 Å². The number of aromatic nitrogens is 3. The van der Waals surface area contributed by atoms with E-state index in [9.17, 15) is 0 Å². The Kier molecular flexibility index (Phi) is 3.39. The van der Waals surface area contributed by atoms with E-state index in [0.717, 1.165) is 22.1 Å². The van der Waals surface area contributed by atoms with Gasteiger partial charge in [-0.3, -0.25) is 0 Å². The van der Waals surface area contributed by atoms with Gasteiger partial charge in [0.2, 0.25) is 0 Å². The summed E-state index contributed by atoms with van der Waals surface area (Å²) in [6.07, 6.45) is 0. The molecule has 0 aliphatic heterocycles. The third-order valence-electron chi connectivity index (χ3n) is 7.13. The monoisotopic (exact) mass is 433 g/mol. The maximum Gasteiger partial charge on any atom is 0.0723 e. The molecule has 3 nitrogen and oxygen atoms in total. The van der Waals surface area contributed by atoms with Gasteiger partial charge in [-0.05, 0) is 42.0 Å². The second-order valence-corrected chi connectivity index (χ2v) is 8.98. The average Bonchev–Trinajstić information content (AvgIpc) is 3.46. The molecule has 0 aliphatic rings. The summed E-state index contributed by atoms with van der Waals surface area (Å²) in [7, 11) is 0. The molecule has 8 aromatic rings.